The van der Waals surface area contributed by atoms with E-state index < -0.39 is 5.97 Å². The molecule has 1 aromatic rings. The number of aromatic amines is 1. The Hall–Kier alpha value is -1.96. The van der Waals surface area contributed by atoms with Crippen molar-refractivity contribution in [2.75, 3.05) is 19.0 Å². The lowest BCUT2D eigenvalue weighted by molar-refractivity contribution is -0.139. The molecular formula is C12H19N5O3. The summed E-state index contributed by atoms with van der Waals surface area (Å²) in [7, 11) is 1.30. The predicted octanol–water partition coefficient (Wildman–Crippen LogP) is -0.166. The van der Waals surface area contributed by atoms with Crippen LogP contribution in [0.4, 0.5) is 5.95 Å². The molecule has 1 amide bonds. The number of anilines is 1. The van der Waals surface area contributed by atoms with Gasteiger partial charge in [0.15, 0.2) is 0 Å². The Labute approximate surface area is 116 Å². The number of hydrogen-bond donors (Lipinski definition) is 3. The Morgan fingerprint density at radius 1 is 1.50 bits per heavy atom. The van der Waals surface area contributed by atoms with Gasteiger partial charge in [-0.05, 0) is 25.3 Å². The summed E-state index contributed by atoms with van der Waals surface area (Å²) in [5.41, 5.74) is 5.66. The quantitative estimate of drug-likeness (QED) is 0.644. The van der Waals surface area contributed by atoms with Crippen molar-refractivity contribution in [3.63, 3.8) is 0 Å². The van der Waals surface area contributed by atoms with E-state index in [0.29, 0.717) is 12.4 Å². The minimum absolute atomic E-state index is 0.00573. The molecule has 0 aromatic carbocycles. The summed E-state index contributed by atoms with van der Waals surface area (Å²) in [5, 5.41) is 9.11. The number of aromatic nitrogens is 3. The number of nitrogens with zero attached hydrogens (tertiary/aromatic N) is 2. The number of esters is 1. The highest BCUT2D eigenvalue weighted by atomic mass is 16.5. The first-order chi connectivity index (χ1) is 9.63. The third kappa shape index (κ3) is 3.32. The van der Waals surface area contributed by atoms with Gasteiger partial charge in [0.1, 0.15) is 12.2 Å². The molecule has 110 valence electrons. The number of H-pyrrole nitrogens is 1. The summed E-state index contributed by atoms with van der Waals surface area (Å²) >= 11 is 0. The number of carbonyl (C=O) groups excluding carboxylic acids is 2. The molecule has 0 bridgehead atoms. The van der Waals surface area contributed by atoms with E-state index in [-0.39, 0.29) is 30.1 Å². The monoisotopic (exact) mass is 281 g/mol. The van der Waals surface area contributed by atoms with Crippen molar-refractivity contribution in [1.82, 2.24) is 15.2 Å². The van der Waals surface area contributed by atoms with E-state index in [4.69, 9.17) is 5.73 Å². The topological polar surface area (TPSA) is 123 Å². The fourth-order valence-electron chi connectivity index (χ4n) is 2.51. The van der Waals surface area contributed by atoms with Crippen molar-refractivity contribution >= 4 is 17.8 Å². The molecule has 2 rings (SSSR count). The maximum atomic E-state index is 12.1. The van der Waals surface area contributed by atoms with Crippen molar-refractivity contribution in [3.8, 4) is 0 Å². The van der Waals surface area contributed by atoms with Crippen LogP contribution in [0, 0.1) is 11.8 Å². The van der Waals surface area contributed by atoms with E-state index in [0.717, 1.165) is 19.3 Å². The lowest BCUT2D eigenvalue weighted by Gasteiger charge is -2.15. The van der Waals surface area contributed by atoms with Gasteiger partial charge in [0.25, 0.3) is 0 Å². The molecule has 8 heteroatoms. The van der Waals surface area contributed by atoms with Gasteiger partial charge < -0.3 is 10.5 Å². The number of hydrogen-bond acceptors (Lipinski definition) is 6. The second-order valence-corrected chi connectivity index (χ2v) is 4.88. The molecule has 0 aliphatic heterocycles. The molecule has 4 N–H and O–H groups in total. The van der Waals surface area contributed by atoms with Crippen LogP contribution in [0.3, 0.4) is 0 Å². The molecule has 2 atom stereocenters. The zero-order valence-corrected chi connectivity index (χ0v) is 11.4. The van der Waals surface area contributed by atoms with Gasteiger partial charge in [0.2, 0.25) is 11.9 Å². The molecule has 8 nitrogen and oxygen atoms in total. The van der Waals surface area contributed by atoms with E-state index in [9.17, 15) is 9.59 Å². The summed E-state index contributed by atoms with van der Waals surface area (Å²) in [6, 6.07) is 0. The first kappa shape index (κ1) is 14.4. The third-order valence-corrected chi connectivity index (χ3v) is 3.60. The van der Waals surface area contributed by atoms with Crippen LogP contribution in [0.5, 0.6) is 0 Å². The van der Waals surface area contributed by atoms with Gasteiger partial charge in [-0.25, -0.2) is 0 Å². The zero-order chi connectivity index (χ0) is 14.5. The number of nitrogens with one attached hydrogen (secondary N) is 2. The van der Waals surface area contributed by atoms with Crippen LogP contribution in [0.15, 0.2) is 0 Å². The number of amides is 1. The number of methoxy groups -OCH3 is 1. The van der Waals surface area contributed by atoms with Crippen molar-refractivity contribution in [3.05, 3.63) is 5.82 Å². The van der Waals surface area contributed by atoms with Crippen LogP contribution in [0.25, 0.3) is 0 Å². The van der Waals surface area contributed by atoms with Gasteiger partial charge in [-0.1, -0.05) is 6.42 Å². The number of rotatable bonds is 5. The van der Waals surface area contributed by atoms with Gasteiger partial charge in [0, 0.05) is 5.92 Å². The molecule has 1 fully saturated rings. The summed E-state index contributed by atoms with van der Waals surface area (Å²) in [5.74, 6) is 0.149. The van der Waals surface area contributed by atoms with Crippen molar-refractivity contribution in [2.24, 2.45) is 17.6 Å². The SMILES string of the molecule is COC(=O)Cc1nc(NC(=O)[C@@H]2CCC[C@@H]2CN)n[nH]1. The van der Waals surface area contributed by atoms with Gasteiger partial charge in [-0.15, -0.1) is 5.10 Å². The summed E-state index contributed by atoms with van der Waals surface area (Å²) in [6.07, 6.45) is 2.83. The van der Waals surface area contributed by atoms with Gasteiger partial charge in [0.05, 0.1) is 7.11 Å². The molecular weight excluding hydrogens is 262 g/mol. The minimum atomic E-state index is -0.419. The second-order valence-electron chi connectivity index (χ2n) is 4.88. The smallest absolute Gasteiger partial charge is 0.313 e. The number of carbonyl (C=O) groups is 2. The largest absolute Gasteiger partial charge is 0.469 e. The van der Waals surface area contributed by atoms with Crippen LogP contribution >= 0.6 is 0 Å². The van der Waals surface area contributed by atoms with E-state index in [1.807, 2.05) is 0 Å². The first-order valence-electron chi connectivity index (χ1n) is 6.63. The summed E-state index contributed by atoms with van der Waals surface area (Å²) in [6.45, 7) is 0.514. The Balaban J connectivity index is 1.93. The number of nitrogens with two attached hydrogens (primary N) is 1. The normalized spacial score (nSPS) is 21.7. The third-order valence-electron chi connectivity index (χ3n) is 3.60. The molecule has 0 unspecified atom stereocenters. The van der Waals surface area contributed by atoms with Gasteiger partial charge in [-0.2, -0.15) is 4.98 Å². The lowest BCUT2D eigenvalue weighted by Crippen LogP contribution is -2.30. The molecule has 0 spiro atoms. The molecule has 1 aliphatic rings. The Morgan fingerprint density at radius 3 is 3.00 bits per heavy atom. The molecule has 1 heterocycles. The average molecular weight is 281 g/mol. The highest BCUT2D eigenvalue weighted by molar-refractivity contribution is 5.91. The van der Waals surface area contributed by atoms with E-state index in [2.05, 4.69) is 25.2 Å². The summed E-state index contributed by atoms with van der Waals surface area (Å²) in [4.78, 5) is 27.2. The molecule has 1 aromatic heterocycles. The van der Waals surface area contributed by atoms with Crippen LogP contribution in [0.2, 0.25) is 0 Å². The molecule has 20 heavy (non-hydrogen) atoms. The number of ether oxygens (including phenoxy) is 1. The van der Waals surface area contributed by atoms with Crippen molar-refractivity contribution in [1.29, 1.82) is 0 Å². The van der Waals surface area contributed by atoms with Gasteiger partial charge >= 0.3 is 5.97 Å². The van der Waals surface area contributed by atoms with E-state index in [1.165, 1.54) is 7.11 Å². The minimum Gasteiger partial charge on any atom is -0.469 e. The van der Waals surface area contributed by atoms with Gasteiger partial charge in [-0.3, -0.25) is 20.0 Å². The van der Waals surface area contributed by atoms with E-state index >= 15 is 0 Å². The Kier molecular flexibility index (Phi) is 4.67. The molecule has 0 radical (unpaired) electrons. The fourth-order valence-corrected chi connectivity index (χ4v) is 2.51. The molecule has 0 saturated heterocycles. The van der Waals surface area contributed by atoms with Crippen LogP contribution in [-0.2, 0) is 20.7 Å². The van der Waals surface area contributed by atoms with Crippen LogP contribution in [0.1, 0.15) is 25.1 Å². The highest BCUT2D eigenvalue weighted by Crippen LogP contribution is 2.31. The maximum Gasteiger partial charge on any atom is 0.313 e. The summed E-state index contributed by atoms with van der Waals surface area (Å²) < 4.78 is 4.53. The van der Waals surface area contributed by atoms with Crippen molar-refractivity contribution in [2.45, 2.75) is 25.7 Å². The maximum absolute atomic E-state index is 12.1. The zero-order valence-electron chi connectivity index (χ0n) is 11.4. The van der Waals surface area contributed by atoms with Crippen LogP contribution < -0.4 is 11.1 Å². The Bertz CT molecular complexity index is 487. The average Bonchev–Trinajstić information content (AvgIpc) is 3.07. The van der Waals surface area contributed by atoms with Crippen LogP contribution in [-0.4, -0.2) is 40.7 Å². The van der Waals surface area contributed by atoms with Crippen molar-refractivity contribution < 1.29 is 14.3 Å². The highest BCUT2D eigenvalue weighted by Gasteiger charge is 2.32. The predicted molar refractivity (Wildman–Crippen MR) is 70.6 cm³/mol. The standard InChI is InChI=1S/C12H19N5O3/c1-20-10(18)5-9-14-12(17-16-9)15-11(19)8-4-2-3-7(8)6-13/h7-8H,2-6,13H2,1H3,(H2,14,15,16,17,19)/t7-,8-/m1/s1. The Morgan fingerprint density at radius 2 is 2.30 bits per heavy atom. The van der Waals surface area contributed by atoms with E-state index in [1.54, 1.807) is 0 Å². The first-order valence-corrected chi connectivity index (χ1v) is 6.63. The second kappa shape index (κ2) is 6.47. The molecule has 1 saturated carbocycles. The fraction of sp³-hybridized carbons (Fsp3) is 0.667. The molecule has 1 aliphatic carbocycles. The lowest BCUT2D eigenvalue weighted by atomic mass is 9.95.